The van der Waals surface area contributed by atoms with Crippen LogP contribution in [0.4, 0.5) is 10.2 Å². The lowest BCUT2D eigenvalue weighted by atomic mass is 9.99. The number of aryl methyl sites for hydroxylation is 1. The molecule has 0 unspecified atom stereocenters. The monoisotopic (exact) mass is 637 g/mol. The molecule has 11 heteroatoms. The van der Waals surface area contributed by atoms with E-state index in [1.807, 2.05) is 59.9 Å². The zero-order chi connectivity index (χ0) is 31.3. The van der Waals surface area contributed by atoms with Crippen LogP contribution in [0.5, 0.6) is 0 Å². The summed E-state index contributed by atoms with van der Waals surface area (Å²) in [5.41, 5.74) is 2.70. The smallest absolute Gasteiger partial charge is 0.246 e. The van der Waals surface area contributed by atoms with Crippen molar-refractivity contribution < 1.29 is 9.18 Å². The molecule has 0 aliphatic carbocycles. The number of nitrogens with zero attached hydrogens (tertiary/aromatic N) is 7. The Balaban J connectivity index is 1.43. The van der Waals surface area contributed by atoms with E-state index >= 15 is 4.39 Å². The number of hydrogen-bond donors (Lipinski definition) is 0. The van der Waals surface area contributed by atoms with Gasteiger partial charge in [-0.2, -0.15) is 5.10 Å². The molecule has 0 spiro atoms. The SMILES string of the molecule is Cc1cccc(-c2c(Cl)cc3c(nc(N4CC(N(C)C)C4)c4cnn(C5CCN(C(=O)/C=C/CN(C)C)CC5)c43)c2F)c1Cl. The molecular weight excluding hydrogens is 600 g/mol. The van der Waals surface area contributed by atoms with Crippen LogP contribution in [0.15, 0.2) is 42.6 Å². The minimum atomic E-state index is -0.495. The summed E-state index contributed by atoms with van der Waals surface area (Å²) in [5.74, 6) is 0.250. The second-order valence-electron chi connectivity index (χ2n) is 12.4. The van der Waals surface area contributed by atoms with Gasteiger partial charge in [0.1, 0.15) is 11.3 Å². The van der Waals surface area contributed by atoms with Crippen molar-refractivity contribution in [1.29, 1.82) is 0 Å². The molecule has 0 bridgehead atoms. The minimum Gasteiger partial charge on any atom is -0.353 e. The van der Waals surface area contributed by atoms with E-state index in [0.29, 0.717) is 41.6 Å². The van der Waals surface area contributed by atoms with E-state index < -0.39 is 5.82 Å². The number of carbonyl (C=O) groups is 1. The highest BCUT2D eigenvalue weighted by Crippen LogP contribution is 2.44. The summed E-state index contributed by atoms with van der Waals surface area (Å²) >= 11 is 13.5. The van der Waals surface area contributed by atoms with Crippen LogP contribution >= 0.6 is 23.2 Å². The topological polar surface area (TPSA) is 60.7 Å². The molecule has 1 amide bonds. The second-order valence-corrected chi connectivity index (χ2v) is 13.2. The molecule has 4 aromatic rings. The molecule has 8 nitrogen and oxygen atoms in total. The number of benzene rings is 2. The number of pyridine rings is 1. The first kappa shape index (κ1) is 30.8. The molecule has 2 aliphatic heterocycles. The molecule has 0 radical (unpaired) electrons. The third kappa shape index (κ3) is 5.55. The predicted molar refractivity (Wildman–Crippen MR) is 177 cm³/mol. The molecule has 2 aromatic heterocycles. The summed E-state index contributed by atoms with van der Waals surface area (Å²) in [4.78, 5) is 26.0. The largest absolute Gasteiger partial charge is 0.353 e. The normalized spacial score (nSPS) is 16.8. The summed E-state index contributed by atoms with van der Waals surface area (Å²) < 4.78 is 18.7. The van der Waals surface area contributed by atoms with Crippen LogP contribution in [0.3, 0.4) is 0 Å². The fourth-order valence-corrected chi connectivity index (χ4v) is 6.73. The molecule has 0 saturated carbocycles. The second kappa shape index (κ2) is 12.3. The van der Waals surface area contributed by atoms with Gasteiger partial charge in [0.2, 0.25) is 5.91 Å². The first-order valence-corrected chi connectivity index (χ1v) is 15.8. The molecular formula is C33H38Cl2FN7O. The molecule has 4 heterocycles. The van der Waals surface area contributed by atoms with Gasteiger partial charge in [-0.1, -0.05) is 47.5 Å². The van der Waals surface area contributed by atoms with E-state index in [-0.39, 0.29) is 28.1 Å². The van der Waals surface area contributed by atoms with Crippen LogP contribution in [-0.4, -0.2) is 102 Å². The lowest BCUT2D eigenvalue weighted by Gasteiger charge is -2.43. The number of likely N-dealkylation sites (N-methyl/N-ethyl adjacent to an activating group) is 2. The van der Waals surface area contributed by atoms with E-state index in [1.54, 1.807) is 18.2 Å². The third-order valence-electron chi connectivity index (χ3n) is 8.91. The van der Waals surface area contributed by atoms with Crippen LogP contribution < -0.4 is 4.90 Å². The molecule has 2 fully saturated rings. The van der Waals surface area contributed by atoms with Crippen LogP contribution in [0, 0.1) is 12.7 Å². The Morgan fingerprint density at radius 2 is 1.84 bits per heavy atom. The van der Waals surface area contributed by atoms with E-state index in [0.717, 1.165) is 48.2 Å². The predicted octanol–water partition coefficient (Wildman–Crippen LogP) is 6.04. The highest BCUT2D eigenvalue weighted by atomic mass is 35.5. The van der Waals surface area contributed by atoms with Crippen molar-refractivity contribution in [2.45, 2.75) is 31.8 Å². The summed E-state index contributed by atoms with van der Waals surface area (Å²) in [7, 11) is 8.08. The van der Waals surface area contributed by atoms with Gasteiger partial charge in [-0.15, -0.1) is 0 Å². The van der Waals surface area contributed by atoms with Gasteiger partial charge in [-0.3, -0.25) is 9.48 Å². The number of anilines is 1. The van der Waals surface area contributed by atoms with Crippen molar-refractivity contribution in [3.8, 4) is 11.1 Å². The first-order valence-electron chi connectivity index (χ1n) is 15.0. The Hall–Kier alpha value is -3.24. The quantitative estimate of drug-likeness (QED) is 0.230. The third-order valence-corrected chi connectivity index (χ3v) is 9.71. The molecule has 6 rings (SSSR count). The van der Waals surface area contributed by atoms with Crippen LogP contribution in [-0.2, 0) is 4.79 Å². The molecule has 232 valence electrons. The molecule has 2 saturated heterocycles. The number of fused-ring (bicyclic) bond motifs is 3. The number of piperidine rings is 1. The summed E-state index contributed by atoms with van der Waals surface area (Å²) in [6.45, 7) is 5.43. The lowest BCUT2D eigenvalue weighted by molar-refractivity contribution is -0.127. The number of hydrogen-bond acceptors (Lipinski definition) is 6. The average molecular weight is 639 g/mol. The number of likely N-dealkylation sites (tertiary alicyclic amines) is 1. The van der Waals surface area contributed by atoms with Crippen LogP contribution in [0.2, 0.25) is 10.0 Å². The molecule has 2 aromatic carbocycles. The van der Waals surface area contributed by atoms with E-state index in [1.165, 1.54) is 0 Å². The van der Waals surface area contributed by atoms with Crippen molar-refractivity contribution >= 4 is 56.7 Å². The number of aromatic nitrogens is 3. The maximum atomic E-state index is 16.7. The average Bonchev–Trinajstić information content (AvgIpc) is 3.40. The van der Waals surface area contributed by atoms with Crippen molar-refractivity contribution in [2.24, 2.45) is 0 Å². The highest BCUT2D eigenvalue weighted by Gasteiger charge is 2.33. The van der Waals surface area contributed by atoms with E-state index in [9.17, 15) is 4.79 Å². The molecule has 44 heavy (non-hydrogen) atoms. The van der Waals surface area contributed by atoms with Crippen molar-refractivity contribution in [3.05, 3.63) is 64.0 Å². The Bertz CT molecular complexity index is 1750. The zero-order valence-electron chi connectivity index (χ0n) is 25.8. The maximum Gasteiger partial charge on any atom is 0.246 e. The van der Waals surface area contributed by atoms with Gasteiger partial charge in [0.25, 0.3) is 0 Å². The Morgan fingerprint density at radius 1 is 1.11 bits per heavy atom. The highest BCUT2D eigenvalue weighted by molar-refractivity contribution is 6.37. The Kier molecular flexibility index (Phi) is 8.58. The number of halogens is 3. The zero-order valence-corrected chi connectivity index (χ0v) is 27.3. The summed E-state index contributed by atoms with van der Waals surface area (Å²) in [6.07, 6.45) is 6.87. The van der Waals surface area contributed by atoms with E-state index in [4.69, 9.17) is 33.3 Å². The fourth-order valence-electron chi connectivity index (χ4n) is 6.22. The Labute approximate surface area is 267 Å². The lowest BCUT2D eigenvalue weighted by Crippen LogP contribution is -2.57. The van der Waals surface area contributed by atoms with Gasteiger partial charge in [-0.25, -0.2) is 9.37 Å². The molecule has 0 atom stereocenters. The summed E-state index contributed by atoms with van der Waals surface area (Å²) in [5, 5.41) is 7.08. The standard InChI is InChI=1S/C33H38Cl2FN7O/c1-20-8-6-9-23(29(20)35)28-26(34)16-24-31(30(28)36)38-33(42-18-22(19-42)40(4)5)25-17-37-43(32(24)25)21-11-14-41(15-12-21)27(44)10-7-13-39(2)3/h6-10,16-17,21-22H,11-15,18-19H2,1-5H3/b10-7+. The van der Waals surface area contributed by atoms with Crippen LogP contribution in [0.1, 0.15) is 24.4 Å². The number of rotatable bonds is 7. The van der Waals surface area contributed by atoms with Crippen molar-refractivity contribution in [3.63, 3.8) is 0 Å². The first-order chi connectivity index (χ1) is 21.0. The fraction of sp³-hybridized carbons (Fsp3) is 0.424. The maximum absolute atomic E-state index is 16.7. The molecule has 0 N–H and O–H groups in total. The van der Waals surface area contributed by atoms with Gasteiger partial charge in [0, 0.05) is 61.4 Å². The van der Waals surface area contributed by atoms with Gasteiger partial charge in [-0.05, 0) is 59.6 Å². The number of amides is 1. The van der Waals surface area contributed by atoms with Gasteiger partial charge in [0.15, 0.2) is 5.82 Å². The Morgan fingerprint density at radius 3 is 2.52 bits per heavy atom. The summed E-state index contributed by atoms with van der Waals surface area (Å²) in [6, 6.07) is 7.77. The van der Waals surface area contributed by atoms with Gasteiger partial charge in [0.05, 0.1) is 33.2 Å². The van der Waals surface area contributed by atoms with E-state index in [2.05, 4.69) is 23.9 Å². The van der Waals surface area contributed by atoms with Gasteiger partial charge < -0.3 is 19.6 Å². The minimum absolute atomic E-state index is 0.0250. The van der Waals surface area contributed by atoms with Crippen molar-refractivity contribution in [2.75, 3.05) is 65.8 Å². The van der Waals surface area contributed by atoms with Crippen LogP contribution in [0.25, 0.3) is 32.9 Å². The van der Waals surface area contributed by atoms with Gasteiger partial charge >= 0.3 is 0 Å². The number of carbonyl (C=O) groups excluding carboxylic acids is 1. The van der Waals surface area contributed by atoms with Crippen molar-refractivity contribution in [1.82, 2.24) is 29.5 Å². The molecule has 2 aliphatic rings.